The Morgan fingerprint density at radius 1 is 0.484 bits per heavy atom. The maximum absolute atomic E-state index is 4.21. The Bertz CT molecular complexity index is 3250. The SMILES string of the molecule is C=C/C=C(\C(C)=C/C)N(c1ccccc1)c1cc2c(c3ccccc13)-c1c(cc(N(c3ccccc3)c3ccccc3C)c3ccccc13)C21c2ccccc2-c2ccccc21. The van der Waals surface area contributed by atoms with Gasteiger partial charge >= 0.3 is 0 Å². The molecule has 0 amide bonds. The van der Waals surface area contributed by atoms with Crippen LogP contribution in [0.2, 0.25) is 0 Å². The van der Waals surface area contributed by atoms with Crippen molar-refractivity contribution < 1.29 is 0 Å². The van der Waals surface area contributed by atoms with Crippen molar-refractivity contribution in [3.05, 3.63) is 258 Å². The molecule has 0 fully saturated rings. The third-order valence-corrected chi connectivity index (χ3v) is 13.3. The fourth-order valence-corrected chi connectivity index (χ4v) is 10.6. The second kappa shape index (κ2) is 14.8. The first-order valence-electron chi connectivity index (χ1n) is 21.6. The van der Waals surface area contributed by atoms with Crippen LogP contribution in [0.15, 0.2) is 230 Å². The molecule has 0 saturated heterocycles. The molecule has 0 unspecified atom stereocenters. The highest BCUT2D eigenvalue weighted by molar-refractivity contribution is 6.19. The predicted molar refractivity (Wildman–Crippen MR) is 263 cm³/mol. The van der Waals surface area contributed by atoms with E-state index in [1.165, 1.54) is 77.2 Å². The summed E-state index contributed by atoms with van der Waals surface area (Å²) in [6, 6.07) is 71.9. The Kier molecular flexibility index (Phi) is 8.91. The molecular formula is C60H46N2. The molecule has 296 valence electrons. The molecule has 62 heavy (non-hydrogen) atoms. The Balaban J connectivity index is 1.35. The van der Waals surface area contributed by atoms with Gasteiger partial charge < -0.3 is 9.80 Å². The number of hydrogen-bond donors (Lipinski definition) is 0. The van der Waals surface area contributed by atoms with E-state index in [4.69, 9.17) is 0 Å². The van der Waals surface area contributed by atoms with E-state index >= 15 is 0 Å². The van der Waals surface area contributed by atoms with Gasteiger partial charge in [-0.15, -0.1) is 0 Å². The quantitative estimate of drug-likeness (QED) is 0.141. The van der Waals surface area contributed by atoms with Gasteiger partial charge in [0.25, 0.3) is 0 Å². The summed E-state index contributed by atoms with van der Waals surface area (Å²) in [5.74, 6) is 0. The molecule has 0 aromatic heterocycles. The normalized spacial score (nSPS) is 13.5. The van der Waals surface area contributed by atoms with Crippen molar-refractivity contribution in [1.29, 1.82) is 0 Å². The molecule has 0 atom stereocenters. The number of allylic oxidation sites excluding steroid dienone is 4. The minimum absolute atomic E-state index is 0.635. The monoisotopic (exact) mass is 794 g/mol. The largest absolute Gasteiger partial charge is 0.310 e. The lowest BCUT2D eigenvalue weighted by Gasteiger charge is -2.35. The average Bonchev–Trinajstić information content (AvgIpc) is 3.80. The summed E-state index contributed by atoms with van der Waals surface area (Å²) in [6.07, 6.45) is 6.26. The topological polar surface area (TPSA) is 6.48 Å². The highest BCUT2D eigenvalue weighted by Crippen LogP contribution is 2.67. The summed E-state index contributed by atoms with van der Waals surface area (Å²) in [7, 11) is 0. The van der Waals surface area contributed by atoms with E-state index < -0.39 is 5.41 Å². The molecule has 0 saturated carbocycles. The fourth-order valence-electron chi connectivity index (χ4n) is 10.6. The van der Waals surface area contributed by atoms with Crippen LogP contribution in [-0.2, 0) is 5.41 Å². The van der Waals surface area contributed by atoms with Gasteiger partial charge in [0.1, 0.15) is 0 Å². The Morgan fingerprint density at radius 2 is 0.952 bits per heavy atom. The standard InChI is InChI=1S/C60H46N2/c1-5-23-54(40(3)6-2)61(42-25-9-7-10-26-42)56-38-52-58(48-33-16-14-31-46(48)56)59-49-34-17-15-32-47(49)57(62(43-27-11-8-12-28-43)55-37-22-13-24-41(55)4)39-53(59)60(52)50-35-20-18-29-44(50)45-30-19-21-36-51(45)60/h5-39H,1H2,2-4H3/b40-6-,54-23+. The lowest BCUT2D eigenvalue weighted by atomic mass is 9.70. The Labute approximate surface area is 364 Å². The van der Waals surface area contributed by atoms with Crippen molar-refractivity contribution in [3.8, 4) is 22.3 Å². The van der Waals surface area contributed by atoms with Gasteiger partial charge in [-0.25, -0.2) is 0 Å². The zero-order valence-electron chi connectivity index (χ0n) is 35.3. The summed E-state index contributed by atoms with van der Waals surface area (Å²) in [6.45, 7) is 10.7. The molecule has 0 aliphatic heterocycles. The molecule has 0 heterocycles. The Morgan fingerprint density at radius 3 is 1.52 bits per heavy atom. The van der Waals surface area contributed by atoms with E-state index in [0.717, 1.165) is 34.1 Å². The number of anilines is 5. The number of nitrogens with zero attached hydrogens (tertiary/aromatic N) is 2. The summed E-state index contributed by atoms with van der Waals surface area (Å²) in [5.41, 5.74) is 18.8. The first-order valence-corrected chi connectivity index (χ1v) is 21.6. The smallest absolute Gasteiger partial charge is 0.0727 e. The van der Waals surface area contributed by atoms with Gasteiger partial charge in [0.05, 0.1) is 16.8 Å². The molecule has 9 aromatic rings. The van der Waals surface area contributed by atoms with Gasteiger partial charge in [-0.2, -0.15) is 0 Å². The van der Waals surface area contributed by atoms with Gasteiger partial charge in [0.2, 0.25) is 0 Å². The number of fused-ring (bicyclic) bond motifs is 14. The van der Waals surface area contributed by atoms with E-state index in [1.807, 2.05) is 6.08 Å². The lowest BCUT2D eigenvalue weighted by molar-refractivity contribution is 0.795. The fraction of sp³-hybridized carbons (Fsp3) is 0.0667. The van der Waals surface area contributed by atoms with Crippen LogP contribution in [0, 0.1) is 6.92 Å². The maximum atomic E-state index is 4.21. The van der Waals surface area contributed by atoms with Gasteiger partial charge in [0.15, 0.2) is 0 Å². The molecule has 0 N–H and O–H groups in total. The summed E-state index contributed by atoms with van der Waals surface area (Å²) < 4.78 is 0. The molecule has 2 aliphatic carbocycles. The third kappa shape index (κ3) is 5.36. The molecule has 0 radical (unpaired) electrons. The second-order valence-electron chi connectivity index (χ2n) is 16.5. The van der Waals surface area contributed by atoms with E-state index in [2.05, 4.69) is 243 Å². The minimum atomic E-state index is -0.635. The second-order valence-corrected chi connectivity index (χ2v) is 16.5. The van der Waals surface area contributed by atoms with Gasteiger partial charge in [-0.3, -0.25) is 0 Å². The molecular weight excluding hydrogens is 749 g/mol. The number of hydrogen-bond acceptors (Lipinski definition) is 2. The van der Waals surface area contributed by atoms with Crippen molar-refractivity contribution in [2.24, 2.45) is 0 Å². The number of para-hydroxylation sites is 3. The van der Waals surface area contributed by atoms with Crippen LogP contribution in [-0.4, -0.2) is 0 Å². The van der Waals surface area contributed by atoms with Gasteiger partial charge in [-0.1, -0.05) is 170 Å². The van der Waals surface area contributed by atoms with E-state index in [-0.39, 0.29) is 0 Å². The minimum Gasteiger partial charge on any atom is -0.310 e. The Hall–Kier alpha value is -7.68. The van der Waals surface area contributed by atoms with E-state index in [1.54, 1.807) is 0 Å². The summed E-state index contributed by atoms with van der Waals surface area (Å²) in [4.78, 5) is 4.93. The highest BCUT2D eigenvalue weighted by atomic mass is 15.2. The molecule has 1 spiro atoms. The van der Waals surface area contributed by atoms with Crippen LogP contribution in [0.25, 0.3) is 43.8 Å². The first kappa shape index (κ1) is 37.3. The van der Waals surface area contributed by atoms with Crippen LogP contribution in [0.1, 0.15) is 41.7 Å². The van der Waals surface area contributed by atoms with Crippen molar-refractivity contribution in [2.75, 3.05) is 9.80 Å². The van der Waals surface area contributed by atoms with Crippen molar-refractivity contribution >= 4 is 50.0 Å². The summed E-state index contributed by atoms with van der Waals surface area (Å²) in [5, 5.41) is 4.87. The molecule has 9 aromatic carbocycles. The van der Waals surface area contributed by atoms with Crippen LogP contribution >= 0.6 is 0 Å². The zero-order chi connectivity index (χ0) is 42.0. The van der Waals surface area contributed by atoms with Crippen LogP contribution < -0.4 is 9.80 Å². The van der Waals surface area contributed by atoms with E-state index in [9.17, 15) is 0 Å². The number of aryl methyl sites for hydroxylation is 1. The first-order chi connectivity index (χ1) is 30.6. The molecule has 0 bridgehead atoms. The molecule has 2 heteroatoms. The van der Waals surface area contributed by atoms with Gasteiger partial charge in [0, 0.05) is 33.5 Å². The van der Waals surface area contributed by atoms with E-state index in [0.29, 0.717) is 0 Å². The van der Waals surface area contributed by atoms with Gasteiger partial charge in [-0.05, 0) is 136 Å². The predicted octanol–water partition coefficient (Wildman–Crippen LogP) is 16.3. The molecule has 2 aliphatic rings. The number of benzene rings is 9. The lowest BCUT2D eigenvalue weighted by Crippen LogP contribution is -2.27. The zero-order valence-corrected chi connectivity index (χ0v) is 35.3. The molecule has 2 nitrogen and oxygen atoms in total. The highest BCUT2D eigenvalue weighted by Gasteiger charge is 2.53. The van der Waals surface area contributed by atoms with Crippen molar-refractivity contribution in [2.45, 2.75) is 26.2 Å². The number of rotatable bonds is 8. The maximum Gasteiger partial charge on any atom is 0.0727 e. The van der Waals surface area contributed by atoms with Crippen LogP contribution in [0.5, 0.6) is 0 Å². The third-order valence-electron chi connectivity index (χ3n) is 13.3. The molecule has 11 rings (SSSR count). The summed E-state index contributed by atoms with van der Waals surface area (Å²) >= 11 is 0. The van der Waals surface area contributed by atoms with Crippen molar-refractivity contribution in [3.63, 3.8) is 0 Å². The van der Waals surface area contributed by atoms with Crippen molar-refractivity contribution in [1.82, 2.24) is 0 Å². The van der Waals surface area contributed by atoms with Crippen LogP contribution in [0.4, 0.5) is 28.4 Å². The van der Waals surface area contributed by atoms with Crippen LogP contribution in [0.3, 0.4) is 0 Å². The average molecular weight is 795 g/mol.